The van der Waals surface area contributed by atoms with Crippen LogP contribution in [-0.2, 0) is 21.4 Å². The minimum Gasteiger partial charge on any atom is -0.497 e. The fraction of sp³-hybridized carbons (Fsp3) is 0.235. The molecular formula is C17H19NO5S. The van der Waals surface area contributed by atoms with Gasteiger partial charge in [-0.1, -0.05) is 18.2 Å². The Bertz CT molecular complexity index is 813. The Morgan fingerprint density at radius 2 is 1.75 bits per heavy atom. The smallest absolute Gasteiger partial charge is 0.338 e. The molecule has 0 radical (unpaired) electrons. The molecule has 0 heterocycles. The summed E-state index contributed by atoms with van der Waals surface area (Å²) in [6.45, 7) is 0.0908. The molecule has 0 fully saturated rings. The molecule has 0 aliphatic rings. The van der Waals surface area contributed by atoms with Gasteiger partial charge in [-0.2, -0.15) is 0 Å². The van der Waals surface area contributed by atoms with Crippen molar-refractivity contribution in [3.8, 4) is 5.75 Å². The molecule has 0 aliphatic heterocycles. The van der Waals surface area contributed by atoms with E-state index >= 15 is 0 Å². The van der Waals surface area contributed by atoms with Crippen molar-refractivity contribution in [1.29, 1.82) is 0 Å². The van der Waals surface area contributed by atoms with E-state index in [-0.39, 0.29) is 17.1 Å². The lowest BCUT2D eigenvalue weighted by molar-refractivity contribution is 0.0472. The molecular weight excluding hydrogens is 330 g/mol. The van der Waals surface area contributed by atoms with E-state index in [4.69, 9.17) is 9.47 Å². The zero-order valence-corrected chi connectivity index (χ0v) is 14.5. The van der Waals surface area contributed by atoms with Gasteiger partial charge in [-0.25, -0.2) is 17.5 Å². The third-order valence-corrected chi connectivity index (χ3v) is 5.19. The van der Waals surface area contributed by atoms with Crippen molar-refractivity contribution in [2.24, 2.45) is 0 Å². The maximum absolute atomic E-state index is 12.1. The molecule has 6 nitrogen and oxygen atoms in total. The van der Waals surface area contributed by atoms with Crippen LogP contribution in [0, 0.1) is 0 Å². The summed E-state index contributed by atoms with van der Waals surface area (Å²) in [5, 5.41) is 0. The van der Waals surface area contributed by atoms with Crippen LogP contribution in [0.2, 0.25) is 0 Å². The summed E-state index contributed by atoms with van der Waals surface area (Å²) in [5.41, 5.74) is 0.993. The molecule has 0 amide bonds. The Labute approximate surface area is 141 Å². The van der Waals surface area contributed by atoms with Gasteiger partial charge in [0.15, 0.2) is 0 Å². The molecule has 0 saturated heterocycles. The van der Waals surface area contributed by atoms with Crippen LogP contribution >= 0.6 is 0 Å². The zero-order valence-electron chi connectivity index (χ0n) is 13.7. The highest BCUT2D eigenvalue weighted by molar-refractivity contribution is 7.89. The quantitative estimate of drug-likeness (QED) is 0.748. The van der Waals surface area contributed by atoms with E-state index in [1.165, 1.54) is 38.4 Å². The van der Waals surface area contributed by atoms with Gasteiger partial charge in [0, 0.05) is 14.1 Å². The maximum atomic E-state index is 12.1. The molecule has 0 N–H and O–H groups in total. The number of rotatable bonds is 6. The average molecular weight is 349 g/mol. The molecule has 0 saturated carbocycles. The average Bonchev–Trinajstić information content (AvgIpc) is 2.60. The topological polar surface area (TPSA) is 72.9 Å². The number of benzene rings is 2. The van der Waals surface area contributed by atoms with Gasteiger partial charge in [-0.3, -0.25) is 0 Å². The van der Waals surface area contributed by atoms with Gasteiger partial charge in [0.05, 0.1) is 17.6 Å². The molecule has 2 rings (SSSR count). The van der Waals surface area contributed by atoms with Crippen LogP contribution in [-0.4, -0.2) is 39.9 Å². The van der Waals surface area contributed by atoms with E-state index in [2.05, 4.69) is 0 Å². The standard InChI is InChI=1S/C17H19NO5S/c1-18(2)24(20,21)16-6-4-5-14(11-16)17(19)23-12-13-7-9-15(22-3)10-8-13/h4-11H,12H2,1-3H3. The summed E-state index contributed by atoms with van der Waals surface area (Å²) in [4.78, 5) is 12.2. The van der Waals surface area contributed by atoms with Crippen molar-refractivity contribution in [3.05, 3.63) is 59.7 Å². The van der Waals surface area contributed by atoms with Crippen molar-refractivity contribution in [3.63, 3.8) is 0 Å². The second kappa shape index (κ2) is 7.46. The molecule has 0 atom stereocenters. The van der Waals surface area contributed by atoms with Crippen molar-refractivity contribution in [2.75, 3.05) is 21.2 Å². The Kier molecular flexibility index (Phi) is 5.58. The van der Waals surface area contributed by atoms with Gasteiger partial charge in [0.1, 0.15) is 12.4 Å². The van der Waals surface area contributed by atoms with Crippen molar-refractivity contribution < 1.29 is 22.7 Å². The van der Waals surface area contributed by atoms with E-state index in [1.807, 2.05) is 0 Å². The molecule has 128 valence electrons. The largest absolute Gasteiger partial charge is 0.497 e. The van der Waals surface area contributed by atoms with Crippen LogP contribution < -0.4 is 4.74 Å². The summed E-state index contributed by atoms with van der Waals surface area (Å²) < 4.78 is 35.6. The van der Waals surface area contributed by atoms with Gasteiger partial charge in [0.25, 0.3) is 0 Å². The van der Waals surface area contributed by atoms with Gasteiger partial charge < -0.3 is 9.47 Å². The molecule has 0 bridgehead atoms. The molecule has 0 spiro atoms. The molecule has 7 heteroatoms. The minimum atomic E-state index is -3.60. The second-order valence-corrected chi connectivity index (χ2v) is 7.39. The van der Waals surface area contributed by atoms with E-state index < -0.39 is 16.0 Å². The van der Waals surface area contributed by atoms with E-state index in [1.54, 1.807) is 31.4 Å². The predicted octanol–water partition coefficient (Wildman–Crippen LogP) is 2.30. The molecule has 24 heavy (non-hydrogen) atoms. The molecule has 0 aliphatic carbocycles. The SMILES string of the molecule is COc1ccc(COC(=O)c2cccc(S(=O)(=O)N(C)C)c2)cc1. The Hall–Kier alpha value is -2.38. The van der Waals surface area contributed by atoms with Gasteiger partial charge >= 0.3 is 5.97 Å². The molecule has 2 aromatic rings. The lowest BCUT2D eigenvalue weighted by atomic mass is 10.2. The highest BCUT2D eigenvalue weighted by Gasteiger charge is 2.19. The normalized spacial score (nSPS) is 11.3. The molecule has 0 aromatic heterocycles. The monoisotopic (exact) mass is 349 g/mol. The number of nitrogens with zero attached hydrogens (tertiary/aromatic N) is 1. The number of esters is 1. The van der Waals surface area contributed by atoms with Gasteiger partial charge in [-0.15, -0.1) is 0 Å². The third-order valence-electron chi connectivity index (χ3n) is 3.38. The number of hydrogen-bond donors (Lipinski definition) is 0. The van der Waals surface area contributed by atoms with Crippen molar-refractivity contribution >= 4 is 16.0 Å². The highest BCUT2D eigenvalue weighted by Crippen LogP contribution is 2.17. The van der Waals surface area contributed by atoms with E-state index in [0.717, 1.165) is 9.87 Å². The van der Waals surface area contributed by atoms with Crippen LogP contribution in [0.3, 0.4) is 0 Å². The number of sulfonamides is 1. The first kappa shape index (κ1) is 18.0. The fourth-order valence-corrected chi connectivity index (χ4v) is 2.90. The zero-order chi connectivity index (χ0) is 17.7. The fourth-order valence-electron chi connectivity index (χ4n) is 1.95. The van der Waals surface area contributed by atoms with Gasteiger partial charge in [0.2, 0.25) is 10.0 Å². The molecule has 0 unspecified atom stereocenters. The highest BCUT2D eigenvalue weighted by atomic mass is 32.2. The summed E-state index contributed by atoms with van der Waals surface area (Å²) in [6, 6.07) is 12.9. The number of hydrogen-bond acceptors (Lipinski definition) is 5. The summed E-state index contributed by atoms with van der Waals surface area (Å²) in [6.07, 6.45) is 0. The van der Waals surface area contributed by atoms with Crippen LogP contribution in [0.1, 0.15) is 15.9 Å². The summed E-state index contributed by atoms with van der Waals surface area (Å²) in [5.74, 6) is 0.133. The van der Waals surface area contributed by atoms with Crippen LogP contribution in [0.5, 0.6) is 5.75 Å². The third kappa shape index (κ3) is 4.12. The summed E-state index contributed by atoms with van der Waals surface area (Å²) in [7, 11) is 0.846. The van der Waals surface area contributed by atoms with E-state index in [9.17, 15) is 13.2 Å². The van der Waals surface area contributed by atoms with E-state index in [0.29, 0.717) is 5.75 Å². The number of carbonyl (C=O) groups is 1. The predicted molar refractivity (Wildman–Crippen MR) is 89.4 cm³/mol. The van der Waals surface area contributed by atoms with Crippen molar-refractivity contribution in [1.82, 2.24) is 4.31 Å². The van der Waals surface area contributed by atoms with Gasteiger partial charge in [-0.05, 0) is 35.9 Å². The number of methoxy groups -OCH3 is 1. The summed E-state index contributed by atoms with van der Waals surface area (Å²) >= 11 is 0. The lowest BCUT2D eigenvalue weighted by Crippen LogP contribution is -2.22. The van der Waals surface area contributed by atoms with Crippen LogP contribution in [0.15, 0.2) is 53.4 Å². The molecule has 2 aromatic carbocycles. The van der Waals surface area contributed by atoms with Crippen molar-refractivity contribution in [2.45, 2.75) is 11.5 Å². The second-order valence-electron chi connectivity index (χ2n) is 5.24. The Morgan fingerprint density at radius 3 is 2.33 bits per heavy atom. The Balaban J connectivity index is 2.10. The Morgan fingerprint density at radius 1 is 1.08 bits per heavy atom. The maximum Gasteiger partial charge on any atom is 0.338 e. The minimum absolute atomic E-state index is 0.0476. The first-order valence-corrected chi connectivity index (χ1v) is 8.61. The number of carbonyl (C=O) groups excluding carboxylic acids is 1. The van der Waals surface area contributed by atoms with Crippen LogP contribution in [0.4, 0.5) is 0 Å². The first-order chi connectivity index (χ1) is 11.3. The lowest BCUT2D eigenvalue weighted by Gasteiger charge is -2.12. The first-order valence-electron chi connectivity index (χ1n) is 7.17. The number of ether oxygens (including phenoxy) is 2. The van der Waals surface area contributed by atoms with Crippen LogP contribution in [0.25, 0.3) is 0 Å².